The van der Waals surface area contributed by atoms with E-state index in [4.69, 9.17) is 0 Å². The minimum absolute atomic E-state index is 0.179. The minimum Gasteiger partial charge on any atom is -0.304 e. The molecule has 0 bridgehead atoms. The van der Waals surface area contributed by atoms with Crippen LogP contribution in [0.25, 0.3) is 11.5 Å². The van der Waals surface area contributed by atoms with Gasteiger partial charge in [0.2, 0.25) is 0 Å². The van der Waals surface area contributed by atoms with Crippen molar-refractivity contribution < 1.29 is 0 Å². The van der Waals surface area contributed by atoms with Crippen LogP contribution in [-0.4, -0.2) is 15.0 Å². The number of nitrogens with one attached hydrogen (secondary N) is 1. The fourth-order valence-corrected chi connectivity index (χ4v) is 2.81. The van der Waals surface area contributed by atoms with Gasteiger partial charge in [-0.15, -0.1) is 0 Å². The van der Waals surface area contributed by atoms with E-state index < -0.39 is 0 Å². The number of hydrogen-bond acceptors (Lipinski definition) is 3. The Bertz CT molecular complexity index is 714. The van der Waals surface area contributed by atoms with Crippen LogP contribution in [0.5, 0.6) is 0 Å². The molecule has 0 aliphatic carbocycles. The SMILES string of the molecule is Cc1cnc(-c2nc(C(C)(C)C)c(Br)c(=O)[nH]2)c(C)c1. The number of pyridine rings is 1. The summed E-state index contributed by atoms with van der Waals surface area (Å²) in [5, 5.41) is 0. The Morgan fingerprint density at radius 1 is 1.25 bits per heavy atom. The first kappa shape index (κ1) is 14.9. The molecule has 2 heterocycles. The van der Waals surface area contributed by atoms with Gasteiger partial charge in [0, 0.05) is 11.6 Å². The maximum absolute atomic E-state index is 12.1. The zero-order valence-corrected chi connectivity index (χ0v) is 13.9. The van der Waals surface area contributed by atoms with Crippen molar-refractivity contribution in [3.8, 4) is 11.5 Å². The number of rotatable bonds is 1. The number of aromatic amines is 1. The third kappa shape index (κ3) is 2.82. The molecule has 0 saturated carbocycles. The van der Waals surface area contributed by atoms with Crippen molar-refractivity contribution >= 4 is 15.9 Å². The summed E-state index contributed by atoms with van der Waals surface area (Å²) >= 11 is 3.33. The first-order valence-corrected chi connectivity index (χ1v) is 7.23. The molecule has 2 aromatic rings. The number of H-pyrrole nitrogens is 1. The van der Waals surface area contributed by atoms with Crippen LogP contribution >= 0.6 is 15.9 Å². The van der Waals surface area contributed by atoms with Gasteiger partial charge in [0.25, 0.3) is 5.56 Å². The molecule has 0 aromatic carbocycles. The van der Waals surface area contributed by atoms with E-state index in [1.165, 1.54) is 0 Å². The zero-order chi connectivity index (χ0) is 15.1. The van der Waals surface area contributed by atoms with E-state index in [-0.39, 0.29) is 11.0 Å². The number of halogens is 1. The summed E-state index contributed by atoms with van der Waals surface area (Å²) in [6.45, 7) is 10.0. The Kier molecular flexibility index (Phi) is 3.82. The van der Waals surface area contributed by atoms with E-state index in [0.717, 1.165) is 16.8 Å². The third-order valence-corrected chi connectivity index (χ3v) is 3.75. The first-order chi connectivity index (χ1) is 9.20. The highest BCUT2D eigenvalue weighted by atomic mass is 79.9. The highest BCUT2D eigenvalue weighted by molar-refractivity contribution is 9.10. The largest absolute Gasteiger partial charge is 0.304 e. The summed E-state index contributed by atoms with van der Waals surface area (Å²) in [7, 11) is 0. The molecule has 1 N–H and O–H groups in total. The van der Waals surface area contributed by atoms with Crippen LogP contribution in [0.15, 0.2) is 21.5 Å². The molecule has 0 atom stereocenters. The van der Waals surface area contributed by atoms with Crippen molar-refractivity contribution in [3.63, 3.8) is 0 Å². The predicted molar refractivity (Wildman–Crippen MR) is 84.0 cm³/mol. The number of hydrogen-bond donors (Lipinski definition) is 1. The lowest BCUT2D eigenvalue weighted by Crippen LogP contribution is -2.22. The standard InChI is InChI=1S/C15H18BrN3O/c1-8-6-9(2)11(17-7-8)13-18-12(15(3,4)5)10(16)14(20)19-13/h6-7H,1-5H3,(H,18,19,20). The zero-order valence-electron chi connectivity index (χ0n) is 12.3. The molecule has 106 valence electrons. The van der Waals surface area contributed by atoms with Gasteiger partial charge in [-0.3, -0.25) is 9.78 Å². The third-order valence-electron chi connectivity index (χ3n) is 3.01. The van der Waals surface area contributed by atoms with Crippen LogP contribution in [0.3, 0.4) is 0 Å². The van der Waals surface area contributed by atoms with Crippen LogP contribution in [0, 0.1) is 13.8 Å². The van der Waals surface area contributed by atoms with Gasteiger partial charge < -0.3 is 4.98 Å². The van der Waals surface area contributed by atoms with Gasteiger partial charge in [0.05, 0.1) is 5.69 Å². The first-order valence-electron chi connectivity index (χ1n) is 6.44. The molecule has 5 heteroatoms. The van der Waals surface area contributed by atoms with Crippen molar-refractivity contribution in [2.45, 2.75) is 40.0 Å². The van der Waals surface area contributed by atoms with Crippen molar-refractivity contribution in [1.29, 1.82) is 0 Å². The van der Waals surface area contributed by atoms with Gasteiger partial charge in [-0.1, -0.05) is 26.8 Å². The van der Waals surface area contributed by atoms with Crippen molar-refractivity contribution in [1.82, 2.24) is 15.0 Å². The molecular weight excluding hydrogens is 318 g/mol. The maximum atomic E-state index is 12.1. The second-order valence-corrected chi connectivity index (χ2v) is 6.80. The van der Waals surface area contributed by atoms with Crippen molar-refractivity contribution in [3.05, 3.63) is 43.9 Å². The van der Waals surface area contributed by atoms with E-state index in [9.17, 15) is 4.79 Å². The summed E-state index contributed by atoms with van der Waals surface area (Å²) in [6.07, 6.45) is 1.78. The predicted octanol–water partition coefficient (Wildman–Crippen LogP) is 3.51. The molecule has 0 aliphatic heterocycles. The number of nitrogens with zero attached hydrogens (tertiary/aromatic N) is 2. The average Bonchev–Trinajstić information content (AvgIpc) is 2.31. The average molecular weight is 336 g/mol. The molecule has 0 fully saturated rings. The van der Waals surface area contributed by atoms with E-state index in [1.807, 2.05) is 40.7 Å². The topological polar surface area (TPSA) is 58.6 Å². The number of aryl methyl sites for hydroxylation is 2. The van der Waals surface area contributed by atoms with Crippen LogP contribution in [0.2, 0.25) is 0 Å². The number of aromatic nitrogens is 3. The Hall–Kier alpha value is -1.49. The summed E-state index contributed by atoms with van der Waals surface area (Å²) < 4.78 is 0.485. The second-order valence-electron chi connectivity index (χ2n) is 6.01. The molecule has 20 heavy (non-hydrogen) atoms. The van der Waals surface area contributed by atoms with Crippen LogP contribution in [0.1, 0.15) is 37.6 Å². The van der Waals surface area contributed by atoms with Gasteiger partial charge >= 0.3 is 0 Å². The van der Waals surface area contributed by atoms with Gasteiger partial charge in [-0.05, 0) is 40.9 Å². The second kappa shape index (κ2) is 5.13. The molecule has 0 radical (unpaired) electrons. The lowest BCUT2D eigenvalue weighted by molar-refractivity contribution is 0.562. The molecule has 0 spiro atoms. The highest BCUT2D eigenvalue weighted by Gasteiger charge is 2.23. The molecule has 0 saturated heterocycles. The van der Waals surface area contributed by atoms with Gasteiger partial charge in [0.1, 0.15) is 10.2 Å². The van der Waals surface area contributed by atoms with Crippen molar-refractivity contribution in [2.75, 3.05) is 0 Å². The molecule has 2 aromatic heterocycles. The minimum atomic E-state index is -0.222. The van der Waals surface area contributed by atoms with E-state index in [2.05, 4.69) is 30.9 Å². The quantitative estimate of drug-likeness (QED) is 0.867. The van der Waals surface area contributed by atoms with E-state index in [1.54, 1.807) is 6.20 Å². The molecule has 0 unspecified atom stereocenters. The Balaban J connectivity index is 2.70. The fraction of sp³-hybridized carbons (Fsp3) is 0.400. The molecule has 0 aliphatic rings. The molecular formula is C15H18BrN3O. The molecule has 0 amide bonds. The fourth-order valence-electron chi connectivity index (χ4n) is 2.03. The van der Waals surface area contributed by atoms with E-state index in [0.29, 0.717) is 16.0 Å². The van der Waals surface area contributed by atoms with Crippen LogP contribution in [0.4, 0.5) is 0 Å². The van der Waals surface area contributed by atoms with Crippen LogP contribution < -0.4 is 5.56 Å². The van der Waals surface area contributed by atoms with Gasteiger partial charge in [0.15, 0.2) is 5.82 Å². The summed E-state index contributed by atoms with van der Waals surface area (Å²) in [5.41, 5.74) is 3.13. The Morgan fingerprint density at radius 3 is 2.45 bits per heavy atom. The van der Waals surface area contributed by atoms with Gasteiger partial charge in [-0.2, -0.15) is 0 Å². The molecule has 4 nitrogen and oxygen atoms in total. The van der Waals surface area contributed by atoms with Gasteiger partial charge in [-0.25, -0.2) is 4.98 Å². The normalized spacial score (nSPS) is 11.7. The maximum Gasteiger partial charge on any atom is 0.265 e. The molecule has 2 rings (SSSR count). The van der Waals surface area contributed by atoms with Crippen molar-refractivity contribution in [2.24, 2.45) is 0 Å². The summed E-state index contributed by atoms with van der Waals surface area (Å²) in [6, 6.07) is 2.03. The summed E-state index contributed by atoms with van der Waals surface area (Å²) in [5.74, 6) is 0.514. The van der Waals surface area contributed by atoms with E-state index >= 15 is 0 Å². The Morgan fingerprint density at radius 2 is 1.90 bits per heavy atom. The highest BCUT2D eigenvalue weighted by Crippen LogP contribution is 2.27. The Labute approximate surface area is 126 Å². The lowest BCUT2D eigenvalue weighted by atomic mass is 9.92. The smallest absolute Gasteiger partial charge is 0.265 e. The lowest BCUT2D eigenvalue weighted by Gasteiger charge is -2.19. The van der Waals surface area contributed by atoms with Crippen LogP contribution in [-0.2, 0) is 5.41 Å². The monoisotopic (exact) mass is 335 g/mol. The summed E-state index contributed by atoms with van der Waals surface area (Å²) in [4.78, 5) is 23.9.